The van der Waals surface area contributed by atoms with Gasteiger partial charge in [0.15, 0.2) is 0 Å². The summed E-state index contributed by atoms with van der Waals surface area (Å²) in [5.74, 6) is -0.263. The molecule has 0 radical (unpaired) electrons. The van der Waals surface area contributed by atoms with Crippen LogP contribution in [0, 0.1) is 13.8 Å². The summed E-state index contributed by atoms with van der Waals surface area (Å²) in [7, 11) is 0. The maximum absolute atomic E-state index is 11.4. The maximum atomic E-state index is 11.4. The Balaban J connectivity index is 2.61. The monoisotopic (exact) mass is 232 g/mol. The summed E-state index contributed by atoms with van der Waals surface area (Å²) in [5.41, 5.74) is 3.44. The van der Waals surface area contributed by atoms with Gasteiger partial charge in [-0.05, 0) is 43.0 Å². The lowest BCUT2D eigenvalue weighted by molar-refractivity contribution is -0.137. The van der Waals surface area contributed by atoms with Gasteiger partial charge in [0.1, 0.15) is 0 Å². The lowest BCUT2D eigenvalue weighted by Crippen LogP contribution is -2.01. The number of ether oxygens (including phenoxy) is 1. The molecule has 0 saturated carbocycles. The van der Waals surface area contributed by atoms with Crippen LogP contribution in [0.15, 0.2) is 24.3 Å². The van der Waals surface area contributed by atoms with E-state index < -0.39 is 0 Å². The van der Waals surface area contributed by atoms with Crippen molar-refractivity contribution < 1.29 is 9.53 Å². The van der Waals surface area contributed by atoms with E-state index in [1.165, 1.54) is 17.2 Å². The molecular weight excluding hydrogens is 212 g/mol. The van der Waals surface area contributed by atoms with Gasteiger partial charge >= 0.3 is 5.97 Å². The summed E-state index contributed by atoms with van der Waals surface area (Å²) in [6, 6.07) is 6.09. The molecule has 0 heterocycles. The summed E-state index contributed by atoms with van der Waals surface area (Å²) in [6.45, 7) is 6.65. The Labute approximate surface area is 103 Å². The van der Waals surface area contributed by atoms with Crippen LogP contribution in [0.4, 0.5) is 0 Å². The number of hydrogen-bond donors (Lipinski definition) is 0. The van der Waals surface area contributed by atoms with Gasteiger partial charge in [-0.2, -0.15) is 0 Å². The molecule has 0 atom stereocenters. The highest BCUT2D eigenvalue weighted by Crippen LogP contribution is 2.14. The highest BCUT2D eigenvalue weighted by atomic mass is 16.5. The molecule has 1 aromatic carbocycles. The van der Waals surface area contributed by atoms with Crippen LogP contribution in [0.5, 0.6) is 0 Å². The summed E-state index contributed by atoms with van der Waals surface area (Å²) >= 11 is 0. The molecule has 2 heteroatoms. The minimum Gasteiger partial charge on any atom is -0.463 e. The molecule has 92 valence electrons. The van der Waals surface area contributed by atoms with Gasteiger partial charge in [0.25, 0.3) is 0 Å². The van der Waals surface area contributed by atoms with Crippen LogP contribution < -0.4 is 0 Å². The molecule has 2 nitrogen and oxygen atoms in total. The predicted molar refractivity (Wildman–Crippen MR) is 70.8 cm³/mol. The van der Waals surface area contributed by atoms with Crippen molar-refractivity contribution in [3.8, 4) is 0 Å². The van der Waals surface area contributed by atoms with E-state index in [-0.39, 0.29) is 5.97 Å². The van der Waals surface area contributed by atoms with E-state index in [9.17, 15) is 4.79 Å². The van der Waals surface area contributed by atoms with Crippen LogP contribution >= 0.6 is 0 Å². The van der Waals surface area contributed by atoms with Crippen LogP contribution in [0.3, 0.4) is 0 Å². The van der Waals surface area contributed by atoms with Gasteiger partial charge in [0.05, 0.1) is 6.61 Å². The van der Waals surface area contributed by atoms with E-state index in [2.05, 4.69) is 6.92 Å². The topological polar surface area (TPSA) is 26.3 Å². The summed E-state index contributed by atoms with van der Waals surface area (Å²) in [5, 5.41) is 0. The van der Waals surface area contributed by atoms with E-state index >= 15 is 0 Å². The Morgan fingerprint density at radius 3 is 2.53 bits per heavy atom. The Kier molecular flexibility index (Phi) is 5.47. The molecule has 0 N–H and O–H groups in total. The van der Waals surface area contributed by atoms with E-state index in [4.69, 9.17) is 4.74 Å². The van der Waals surface area contributed by atoms with Crippen molar-refractivity contribution in [3.63, 3.8) is 0 Å². The van der Waals surface area contributed by atoms with Crippen LogP contribution in [-0.4, -0.2) is 12.6 Å². The fourth-order valence-electron chi connectivity index (χ4n) is 1.61. The van der Waals surface area contributed by atoms with Crippen molar-refractivity contribution >= 4 is 12.0 Å². The zero-order valence-corrected chi connectivity index (χ0v) is 10.8. The Morgan fingerprint density at radius 2 is 1.94 bits per heavy atom. The Hall–Kier alpha value is -1.57. The summed E-state index contributed by atoms with van der Waals surface area (Å²) < 4.78 is 5.06. The number of benzene rings is 1. The first kappa shape index (κ1) is 13.5. The lowest BCUT2D eigenvalue weighted by Gasteiger charge is -2.04. The molecule has 17 heavy (non-hydrogen) atoms. The van der Waals surface area contributed by atoms with Crippen molar-refractivity contribution in [1.29, 1.82) is 0 Å². The van der Waals surface area contributed by atoms with Crippen molar-refractivity contribution in [2.45, 2.75) is 33.6 Å². The highest BCUT2D eigenvalue weighted by molar-refractivity contribution is 5.87. The first-order valence-corrected chi connectivity index (χ1v) is 6.06. The zero-order valence-electron chi connectivity index (χ0n) is 10.8. The molecule has 0 aliphatic rings. The molecule has 0 aliphatic carbocycles. The lowest BCUT2D eigenvalue weighted by atomic mass is 10.0. The molecule has 0 saturated heterocycles. The van der Waals surface area contributed by atoms with E-state index in [0.717, 1.165) is 18.4 Å². The molecule has 0 fully saturated rings. The number of unbranched alkanes of at least 4 members (excludes halogenated alkanes) is 1. The number of hydrogen-bond acceptors (Lipinski definition) is 2. The van der Waals surface area contributed by atoms with Crippen LogP contribution in [0.25, 0.3) is 6.08 Å². The number of carbonyl (C=O) groups is 1. The fraction of sp³-hybridized carbons (Fsp3) is 0.400. The highest BCUT2D eigenvalue weighted by Gasteiger charge is 2.00. The molecule has 1 rings (SSSR count). The van der Waals surface area contributed by atoms with Gasteiger partial charge in [0.2, 0.25) is 0 Å². The fourth-order valence-corrected chi connectivity index (χ4v) is 1.61. The molecule has 0 bridgehead atoms. The van der Waals surface area contributed by atoms with Gasteiger partial charge in [-0.15, -0.1) is 0 Å². The van der Waals surface area contributed by atoms with Crippen LogP contribution in [0.2, 0.25) is 0 Å². The predicted octanol–water partition coefficient (Wildman–Crippen LogP) is 3.66. The van der Waals surface area contributed by atoms with E-state index in [1.807, 2.05) is 38.1 Å². The van der Waals surface area contributed by atoms with Gasteiger partial charge in [-0.1, -0.05) is 31.5 Å². The van der Waals surface area contributed by atoms with Gasteiger partial charge in [0, 0.05) is 6.08 Å². The van der Waals surface area contributed by atoms with Crippen molar-refractivity contribution in [1.82, 2.24) is 0 Å². The molecule has 0 unspecified atom stereocenters. The second kappa shape index (κ2) is 6.89. The second-order valence-electron chi connectivity index (χ2n) is 4.16. The number of esters is 1. The average Bonchev–Trinajstić information content (AvgIpc) is 2.29. The normalized spacial score (nSPS) is 10.8. The second-order valence-corrected chi connectivity index (χ2v) is 4.16. The van der Waals surface area contributed by atoms with Crippen LogP contribution in [-0.2, 0) is 9.53 Å². The molecule has 1 aromatic rings. The minimum atomic E-state index is -0.263. The van der Waals surface area contributed by atoms with E-state index in [0.29, 0.717) is 6.61 Å². The number of rotatable bonds is 5. The molecular formula is C15H20O2. The zero-order chi connectivity index (χ0) is 12.7. The molecule has 0 spiro atoms. The minimum absolute atomic E-state index is 0.263. The smallest absolute Gasteiger partial charge is 0.330 e. The first-order chi connectivity index (χ1) is 8.15. The summed E-state index contributed by atoms with van der Waals surface area (Å²) in [6.07, 6.45) is 5.29. The molecule has 0 aromatic heterocycles. The number of carbonyl (C=O) groups excluding carboxylic acids is 1. The third kappa shape index (κ3) is 4.43. The first-order valence-electron chi connectivity index (χ1n) is 6.06. The van der Waals surface area contributed by atoms with Gasteiger partial charge in [-0.3, -0.25) is 0 Å². The number of aryl methyl sites for hydroxylation is 2. The molecule has 0 aliphatic heterocycles. The standard InChI is InChI=1S/C15H20O2/c1-4-5-11-17-15(16)10-9-14-12(2)7-6-8-13(14)3/h6-10H,4-5,11H2,1-3H3/b10-9+. The average molecular weight is 232 g/mol. The van der Waals surface area contributed by atoms with E-state index in [1.54, 1.807) is 0 Å². The maximum Gasteiger partial charge on any atom is 0.330 e. The van der Waals surface area contributed by atoms with Gasteiger partial charge in [-0.25, -0.2) is 4.79 Å². The Bertz CT molecular complexity index is 385. The Morgan fingerprint density at radius 1 is 1.29 bits per heavy atom. The van der Waals surface area contributed by atoms with Gasteiger partial charge < -0.3 is 4.74 Å². The summed E-state index contributed by atoms with van der Waals surface area (Å²) in [4.78, 5) is 11.4. The molecule has 0 amide bonds. The SMILES string of the molecule is CCCCOC(=O)/C=C/c1c(C)cccc1C. The third-order valence-corrected chi connectivity index (χ3v) is 2.67. The third-order valence-electron chi connectivity index (χ3n) is 2.67. The van der Waals surface area contributed by atoms with Crippen LogP contribution in [0.1, 0.15) is 36.5 Å². The van der Waals surface area contributed by atoms with Crippen molar-refractivity contribution in [3.05, 3.63) is 41.0 Å². The van der Waals surface area contributed by atoms with Crippen molar-refractivity contribution in [2.24, 2.45) is 0 Å². The quantitative estimate of drug-likeness (QED) is 0.440. The van der Waals surface area contributed by atoms with Crippen molar-refractivity contribution in [2.75, 3.05) is 6.61 Å². The largest absolute Gasteiger partial charge is 0.463 e.